The standard InChI is InChI=1S/C28H39ClN2O2/c1-6-11-22(21-13-9-14-21)17-23(12-7-2)27(20(4)8-3)31-26(33-5)19-30-28(32)24-15-10-16-25(29)18-24/h7,10,12,15-18,21-22H,6,8-9,11,13-14,19H2,1-5H3,(H,30,32)/b12-7-,23-17+,27-20?,31-26?. The van der Waals surface area contributed by atoms with E-state index < -0.39 is 0 Å². The van der Waals surface area contributed by atoms with Gasteiger partial charge in [0, 0.05) is 10.6 Å². The van der Waals surface area contributed by atoms with Crippen molar-refractivity contribution >= 4 is 23.4 Å². The van der Waals surface area contributed by atoms with Gasteiger partial charge in [-0.1, -0.05) is 62.6 Å². The van der Waals surface area contributed by atoms with Crippen LogP contribution in [0.15, 0.2) is 64.3 Å². The second kappa shape index (κ2) is 14.0. The molecule has 1 unspecified atom stereocenters. The minimum Gasteiger partial charge on any atom is -0.483 e. The number of hydrogen-bond donors (Lipinski definition) is 1. The monoisotopic (exact) mass is 470 g/mol. The zero-order valence-electron chi connectivity index (χ0n) is 20.8. The van der Waals surface area contributed by atoms with Crippen molar-refractivity contribution in [2.45, 2.75) is 66.2 Å². The summed E-state index contributed by atoms with van der Waals surface area (Å²) >= 11 is 6.02. The zero-order valence-corrected chi connectivity index (χ0v) is 21.5. The van der Waals surface area contributed by atoms with Crippen LogP contribution in [0.25, 0.3) is 0 Å². The quantitative estimate of drug-likeness (QED) is 0.206. The van der Waals surface area contributed by atoms with Gasteiger partial charge in [-0.05, 0) is 80.7 Å². The molecule has 1 atom stereocenters. The molecule has 1 fully saturated rings. The second-order valence-corrected chi connectivity index (χ2v) is 9.09. The van der Waals surface area contributed by atoms with E-state index in [0.717, 1.165) is 23.6 Å². The average Bonchev–Trinajstić information content (AvgIpc) is 2.77. The number of benzene rings is 1. The largest absolute Gasteiger partial charge is 0.483 e. The highest BCUT2D eigenvalue weighted by Crippen LogP contribution is 2.38. The number of methoxy groups -OCH3 is 1. The fourth-order valence-corrected chi connectivity index (χ4v) is 4.21. The number of nitrogens with one attached hydrogen (secondary N) is 1. The first-order valence-corrected chi connectivity index (χ1v) is 12.5. The van der Waals surface area contributed by atoms with E-state index in [1.165, 1.54) is 37.7 Å². The molecule has 180 valence electrons. The number of rotatable bonds is 11. The number of ether oxygens (including phenoxy) is 1. The van der Waals surface area contributed by atoms with Crippen LogP contribution in [0.5, 0.6) is 0 Å². The molecule has 0 aliphatic heterocycles. The van der Waals surface area contributed by atoms with Gasteiger partial charge in [0.05, 0.1) is 19.4 Å². The molecule has 1 aromatic rings. The Morgan fingerprint density at radius 3 is 2.64 bits per heavy atom. The molecule has 0 heterocycles. The van der Waals surface area contributed by atoms with Crippen molar-refractivity contribution in [3.63, 3.8) is 0 Å². The predicted molar refractivity (Wildman–Crippen MR) is 140 cm³/mol. The molecular weight excluding hydrogens is 432 g/mol. The Bertz CT molecular complexity index is 910. The van der Waals surface area contributed by atoms with Gasteiger partial charge in [-0.15, -0.1) is 0 Å². The van der Waals surface area contributed by atoms with Crippen LogP contribution < -0.4 is 5.32 Å². The molecule has 2 rings (SSSR count). The van der Waals surface area contributed by atoms with Crippen LogP contribution in [0.2, 0.25) is 5.02 Å². The van der Waals surface area contributed by atoms with E-state index in [0.29, 0.717) is 22.4 Å². The Hall–Kier alpha value is -2.33. The molecule has 0 aromatic heterocycles. The fraction of sp³-hybridized carbons (Fsp3) is 0.500. The van der Waals surface area contributed by atoms with Gasteiger partial charge in [-0.25, -0.2) is 4.99 Å². The number of amides is 1. The van der Waals surface area contributed by atoms with Gasteiger partial charge in [0.1, 0.15) is 0 Å². The highest BCUT2D eigenvalue weighted by molar-refractivity contribution is 6.31. The lowest BCUT2D eigenvalue weighted by atomic mass is 9.73. The summed E-state index contributed by atoms with van der Waals surface area (Å²) in [6.45, 7) is 8.75. The summed E-state index contributed by atoms with van der Waals surface area (Å²) in [5.74, 6) is 1.60. The Morgan fingerprint density at radius 1 is 1.33 bits per heavy atom. The van der Waals surface area contributed by atoms with Crippen molar-refractivity contribution < 1.29 is 9.53 Å². The first-order valence-electron chi connectivity index (χ1n) is 12.1. The molecular formula is C28H39ClN2O2. The summed E-state index contributed by atoms with van der Waals surface area (Å²) in [5, 5.41) is 3.42. The van der Waals surface area contributed by atoms with Gasteiger partial charge in [0.2, 0.25) is 5.90 Å². The second-order valence-electron chi connectivity index (χ2n) is 8.65. The third-order valence-electron chi connectivity index (χ3n) is 6.28. The van der Waals surface area contributed by atoms with E-state index in [1.54, 1.807) is 31.4 Å². The Morgan fingerprint density at radius 2 is 2.09 bits per heavy atom. The molecule has 0 saturated heterocycles. The van der Waals surface area contributed by atoms with Crippen LogP contribution in [0.4, 0.5) is 0 Å². The number of allylic oxidation sites excluding steroid dienone is 4. The lowest BCUT2D eigenvalue weighted by molar-refractivity contribution is 0.0957. The number of carbonyl (C=O) groups is 1. The highest BCUT2D eigenvalue weighted by Gasteiger charge is 2.26. The molecule has 0 radical (unpaired) electrons. The first kappa shape index (κ1) is 26.9. The lowest BCUT2D eigenvalue weighted by Crippen LogP contribution is -2.30. The molecule has 33 heavy (non-hydrogen) atoms. The molecule has 5 heteroatoms. The number of aliphatic imine (C=N–C) groups is 1. The van der Waals surface area contributed by atoms with Crippen LogP contribution in [0.1, 0.15) is 76.6 Å². The molecule has 1 aliphatic rings. The molecule has 0 bridgehead atoms. The summed E-state index contributed by atoms with van der Waals surface area (Å²) < 4.78 is 5.57. The number of carbonyl (C=O) groups excluding carboxylic acids is 1. The van der Waals surface area contributed by atoms with E-state index in [2.05, 4.69) is 44.3 Å². The Kier molecular flexibility index (Phi) is 11.5. The molecule has 0 spiro atoms. The van der Waals surface area contributed by atoms with Crippen LogP contribution in [-0.2, 0) is 4.74 Å². The van der Waals surface area contributed by atoms with Crippen molar-refractivity contribution in [2.75, 3.05) is 13.7 Å². The van der Waals surface area contributed by atoms with Crippen LogP contribution >= 0.6 is 11.6 Å². The predicted octanol–water partition coefficient (Wildman–Crippen LogP) is 7.52. The normalized spacial score (nSPS) is 16.9. The first-order chi connectivity index (χ1) is 15.9. The van der Waals surface area contributed by atoms with Crippen molar-refractivity contribution in [1.29, 1.82) is 0 Å². The maximum atomic E-state index is 12.5. The highest BCUT2D eigenvalue weighted by atomic mass is 35.5. The molecule has 1 aromatic carbocycles. The van der Waals surface area contributed by atoms with E-state index in [1.807, 2.05) is 6.92 Å². The fourth-order valence-electron chi connectivity index (χ4n) is 4.02. The van der Waals surface area contributed by atoms with Crippen LogP contribution in [0, 0.1) is 11.8 Å². The molecule has 4 nitrogen and oxygen atoms in total. The van der Waals surface area contributed by atoms with Gasteiger partial charge in [-0.3, -0.25) is 4.79 Å². The number of halogens is 1. The third kappa shape index (κ3) is 8.19. The van der Waals surface area contributed by atoms with E-state index in [9.17, 15) is 4.79 Å². The average molecular weight is 471 g/mol. The van der Waals surface area contributed by atoms with Gasteiger partial charge in [-0.2, -0.15) is 0 Å². The summed E-state index contributed by atoms with van der Waals surface area (Å²) in [7, 11) is 1.59. The van der Waals surface area contributed by atoms with E-state index >= 15 is 0 Å². The van der Waals surface area contributed by atoms with Crippen molar-refractivity contribution in [3.8, 4) is 0 Å². The topological polar surface area (TPSA) is 50.7 Å². The van der Waals surface area contributed by atoms with Crippen LogP contribution in [-0.4, -0.2) is 25.5 Å². The molecule has 1 N–H and O–H groups in total. The van der Waals surface area contributed by atoms with Crippen molar-refractivity contribution in [2.24, 2.45) is 16.8 Å². The van der Waals surface area contributed by atoms with E-state index in [4.69, 9.17) is 21.3 Å². The zero-order chi connectivity index (χ0) is 24.2. The smallest absolute Gasteiger partial charge is 0.251 e. The minimum absolute atomic E-state index is 0.201. The van der Waals surface area contributed by atoms with Gasteiger partial charge in [0.15, 0.2) is 0 Å². The molecule has 1 saturated carbocycles. The maximum Gasteiger partial charge on any atom is 0.251 e. The SMILES string of the molecule is C/C=C\C(=C/C(CCC)C1CCC1)C(N=C(CNC(=O)c1cccc(Cl)c1)OC)=C(C)CC. The Labute approximate surface area is 204 Å². The number of nitrogens with zero attached hydrogens (tertiary/aromatic N) is 1. The summed E-state index contributed by atoms with van der Waals surface area (Å²) in [6, 6.07) is 6.89. The molecule has 1 aliphatic carbocycles. The van der Waals surface area contributed by atoms with Gasteiger partial charge in [0.25, 0.3) is 5.91 Å². The number of hydrogen-bond acceptors (Lipinski definition) is 3. The van der Waals surface area contributed by atoms with Gasteiger partial charge >= 0.3 is 0 Å². The summed E-state index contributed by atoms with van der Waals surface area (Å²) in [5.41, 5.74) is 3.78. The van der Waals surface area contributed by atoms with Crippen molar-refractivity contribution in [3.05, 3.63) is 69.9 Å². The van der Waals surface area contributed by atoms with Gasteiger partial charge < -0.3 is 10.1 Å². The summed E-state index contributed by atoms with van der Waals surface area (Å²) in [6.07, 6.45) is 13.9. The Balaban J connectivity index is 2.31. The van der Waals surface area contributed by atoms with E-state index in [-0.39, 0.29) is 12.5 Å². The molecule has 1 amide bonds. The van der Waals surface area contributed by atoms with Crippen molar-refractivity contribution in [1.82, 2.24) is 5.32 Å². The minimum atomic E-state index is -0.211. The summed E-state index contributed by atoms with van der Waals surface area (Å²) in [4.78, 5) is 17.4. The lowest BCUT2D eigenvalue weighted by Gasteiger charge is -2.32. The maximum absolute atomic E-state index is 12.5. The third-order valence-corrected chi connectivity index (χ3v) is 6.52. The van der Waals surface area contributed by atoms with Crippen LogP contribution in [0.3, 0.4) is 0 Å².